The highest BCUT2D eigenvalue weighted by atomic mass is 19.4. The standard InChI is InChI=1S/C25H29F3N6O2/c1-14-18(7-6-8-20(14)25(26,27)28)15(2)29-22-19-13-21(34-11-9-33(10-12-34)17(4)35)24(36-5)32-23(19)31-16(3)30-22/h6-8,13,15H,9-12H2,1-5H3,(H,29,30,31,32)/t15-/m1/s1. The maximum atomic E-state index is 13.5. The number of benzene rings is 1. The molecule has 1 atom stereocenters. The van der Waals surface area contributed by atoms with Gasteiger partial charge in [0.1, 0.15) is 17.3 Å². The first-order chi connectivity index (χ1) is 17.0. The molecule has 192 valence electrons. The smallest absolute Gasteiger partial charge is 0.416 e. The van der Waals surface area contributed by atoms with E-state index in [1.54, 1.807) is 31.7 Å². The van der Waals surface area contributed by atoms with Gasteiger partial charge in [0.2, 0.25) is 11.8 Å². The molecule has 11 heteroatoms. The average molecular weight is 503 g/mol. The maximum Gasteiger partial charge on any atom is 0.416 e. The number of aryl methyl sites for hydroxylation is 1. The highest BCUT2D eigenvalue weighted by molar-refractivity contribution is 5.90. The Bertz CT molecular complexity index is 1290. The molecule has 4 rings (SSSR count). The molecule has 0 radical (unpaired) electrons. The zero-order chi connectivity index (χ0) is 26.2. The summed E-state index contributed by atoms with van der Waals surface area (Å²) in [5.74, 6) is 1.38. The number of rotatable bonds is 5. The lowest BCUT2D eigenvalue weighted by Gasteiger charge is -2.36. The zero-order valence-electron chi connectivity index (χ0n) is 20.9. The molecule has 1 N–H and O–H groups in total. The summed E-state index contributed by atoms with van der Waals surface area (Å²) >= 11 is 0. The number of hydrogen-bond donors (Lipinski definition) is 1. The fraction of sp³-hybridized carbons (Fsp3) is 0.440. The Labute approximate surface area is 207 Å². The number of hydrogen-bond acceptors (Lipinski definition) is 7. The van der Waals surface area contributed by atoms with Crippen LogP contribution in [0.25, 0.3) is 11.0 Å². The summed E-state index contributed by atoms with van der Waals surface area (Å²) in [5.41, 5.74) is 1.20. The first kappa shape index (κ1) is 25.5. The number of carbonyl (C=O) groups excluding carboxylic acids is 1. The number of nitrogens with one attached hydrogen (secondary N) is 1. The number of halogens is 3. The predicted octanol–water partition coefficient (Wildman–Crippen LogP) is 4.51. The molecule has 0 spiro atoms. The van der Waals surface area contributed by atoms with Gasteiger partial charge in [-0.3, -0.25) is 4.79 Å². The van der Waals surface area contributed by atoms with Crippen molar-refractivity contribution >= 4 is 28.4 Å². The van der Waals surface area contributed by atoms with Crippen molar-refractivity contribution in [3.05, 3.63) is 46.8 Å². The van der Waals surface area contributed by atoms with E-state index in [9.17, 15) is 18.0 Å². The summed E-state index contributed by atoms with van der Waals surface area (Å²) in [6.45, 7) is 8.94. The summed E-state index contributed by atoms with van der Waals surface area (Å²) in [6, 6.07) is 5.61. The monoisotopic (exact) mass is 502 g/mol. The molecule has 36 heavy (non-hydrogen) atoms. The summed E-state index contributed by atoms with van der Waals surface area (Å²) in [5, 5.41) is 3.91. The van der Waals surface area contributed by atoms with Gasteiger partial charge >= 0.3 is 6.18 Å². The number of methoxy groups -OCH3 is 1. The van der Waals surface area contributed by atoms with E-state index in [-0.39, 0.29) is 11.5 Å². The Morgan fingerprint density at radius 1 is 1.11 bits per heavy atom. The van der Waals surface area contributed by atoms with Crippen molar-refractivity contribution in [2.75, 3.05) is 43.5 Å². The van der Waals surface area contributed by atoms with Gasteiger partial charge in [0.05, 0.1) is 24.1 Å². The van der Waals surface area contributed by atoms with Gasteiger partial charge in [0.25, 0.3) is 0 Å². The van der Waals surface area contributed by atoms with Crippen LogP contribution in [0.5, 0.6) is 5.88 Å². The minimum absolute atomic E-state index is 0.0347. The number of fused-ring (bicyclic) bond motifs is 1. The fourth-order valence-corrected chi connectivity index (χ4v) is 4.60. The number of alkyl halides is 3. The minimum atomic E-state index is -4.43. The van der Waals surface area contributed by atoms with Crippen molar-refractivity contribution in [3.63, 3.8) is 0 Å². The van der Waals surface area contributed by atoms with Crippen LogP contribution >= 0.6 is 0 Å². The number of aromatic nitrogens is 3. The third kappa shape index (κ3) is 5.00. The number of pyridine rings is 1. The lowest BCUT2D eigenvalue weighted by Crippen LogP contribution is -2.48. The molecule has 2 aromatic heterocycles. The van der Waals surface area contributed by atoms with Crippen molar-refractivity contribution in [2.24, 2.45) is 0 Å². The van der Waals surface area contributed by atoms with Crippen LogP contribution < -0.4 is 15.0 Å². The van der Waals surface area contributed by atoms with Gasteiger partial charge in [-0.25, -0.2) is 9.97 Å². The van der Waals surface area contributed by atoms with Gasteiger partial charge in [-0.2, -0.15) is 18.2 Å². The van der Waals surface area contributed by atoms with E-state index in [1.165, 1.54) is 20.1 Å². The molecule has 3 heterocycles. The Hall–Kier alpha value is -3.63. The second-order valence-electron chi connectivity index (χ2n) is 8.88. The second-order valence-corrected chi connectivity index (χ2v) is 8.88. The van der Waals surface area contributed by atoms with Crippen LogP contribution in [-0.4, -0.2) is 59.0 Å². The molecule has 0 saturated carbocycles. The molecule has 1 aliphatic heterocycles. The topological polar surface area (TPSA) is 83.5 Å². The number of anilines is 2. The molecule has 0 aliphatic carbocycles. The SMILES string of the molecule is COc1nc2nc(C)nc(N[C@H](C)c3cccc(C(F)(F)F)c3C)c2cc1N1CCN(C(C)=O)CC1. The van der Waals surface area contributed by atoms with Crippen molar-refractivity contribution in [3.8, 4) is 5.88 Å². The van der Waals surface area contributed by atoms with E-state index in [0.29, 0.717) is 60.3 Å². The molecule has 1 fully saturated rings. The number of amides is 1. The average Bonchev–Trinajstić information content (AvgIpc) is 2.82. The first-order valence-corrected chi connectivity index (χ1v) is 11.7. The van der Waals surface area contributed by atoms with E-state index in [2.05, 4.69) is 25.2 Å². The van der Waals surface area contributed by atoms with Gasteiger partial charge in [0, 0.05) is 33.1 Å². The van der Waals surface area contributed by atoms with E-state index >= 15 is 0 Å². The quantitative estimate of drug-likeness (QED) is 0.550. The van der Waals surface area contributed by atoms with E-state index < -0.39 is 17.8 Å². The lowest BCUT2D eigenvalue weighted by molar-refractivity contribution is -0.138. The second kappa shape index (κ2) is 9.79. The van der Waals surface area contributed by atoms with E-state index in [1.807, 2.05) is 6.07 Å². The largest absolute Gasteiger partial charge is 0.479 e. The molecule has 3 aromatic rings. The summed E-state index contributed by atoms with van der Waals surface area (Å²) in [4.78, 5) is 29.2. The molecule has 0 unspecified atom stereocenters. The van der Waals surface area contributed by atoms with Crippen LogP contribution in [-0.2, 0) is 11.0 Å². The molecule has 1 amide bonds. The van der Waals surface area contributed by atoms with E-state index in [0.717, 1.165) is 11.8 Å². The van der Waals surface area contributed by atoms with Crippen LogP contribution in [0, 0.1) is 13.8 Å². The van der Waals surface area contributed by atoms with Gasteiger partial charge in [-0.15, -0.1) is 0 Å². The maximum absolute atomic E-state index is 13.5. The molecule has 1 aliphatic rings. The molecule has 8 nitrogen and oxygen atoms in total. The van der Waals surface area contributed by atoms with Gasteiger partial charge < -0.3 is 19.9 Å². The van der Waals surface area contributed by atoms with Crippen LogP contribution in [0.2, 0.25) is 0 Å². The third-order valence-electron chi connectivity index (χ3n) is 6.50. The summed E-state index contributed by atoms with van der Waals surface area (Å²) in [7, 11) is 1.54. The van der Waals surface area contributed by atoms with Crippen molar-refractivity contribution in [2.45, 2.75) is 39.9 Å². The summed E-state index contributed by atoms with van der Waals surface area (Å²) < 4.78 is 45.9. The third-order valence-corrected chi connectivity index (χ3v) is 6.50. The Kier molecular flexibility index (Phi) is 6.92. The fourth-order valence-electron chi connectivity index (χ4n) is 4.60. The normalized spacial score (nSPS) is 15.2. The molecular weight excluding hydrogens is 473 g/mol. The highest BCUT2D eigenvalue weighted by Crippen LogP contribution is 2.37. The van der Waals surface area contributed by atoms with Gasteiger partial charge in [-0.05, 0) is 44.0 Å². The molecule has 1 aromatic carbocycles. The van der Waals surface area contributed by atoms with Crippen LogP contribution in [0.4, 0.5) is 24.7 Å². The molecule has 1 saturated heterocycles. The first-order valence-electron chi connectivity index (χ1n) is 11.7. The number of nitrogens with zero attached hydrogens (tertiary/aromatic N) is 5. The van der Waals surface area contributed by atoms with Gasteiger partial charge in [-0.1, -0.05) is 12.1 Å². The minimum Gasteiger partial charge on any atom is -0.479 e. The van der Waals surface area contributed by atoms with Crippen molar-refractivity contribution in [1.29, 1.82) is 0 Å². The van der Waals surface area contributed by atoms with Crippen LogP contribution in [0.15, 0.2) is 24.3 Å². The Morgan fingerprint density at radius 2 is 1.81 bits per heavy atom. The Morgan fingerprint density at radius 3 is 2.42 bits per heavy atom. The summed E-state index contributed by atoms with van der Waals surface area (Å²) in [6.07, 6.45) is -4.43. The van der Waals surface area contributed by atoms with Crippen molar-refractivity contribution < 1.29 is 22.7 Å². The zero-order valence-corrected chi connectivity index (χ0v) is 20.9. The number of ether oxygens (including phenoxy) is 1. The van der Waals surface area contributed by atoms with Crippen LogP contribution in [0.3, 0.4) is 0 Å². The lowest BCUT2D eigenvalue weighted by atomic mass is 9.97. The Balaban J connectivity index is 1.72. The van der Waals surface area contributed by atoms with Gasteiger partial charge in [0.15, 0.2) is 5.65 Å². The highest BCUT2D eigenvalue weighted by Gasteiger charge is 2.33. The molecule has 0 bridgehead atoms. The predicted molar refractivity (Wildman–Crippen MR) is 131 cm³/mol. The molecular formula is C25H29F3N6O2. The number of piperazine rings is 1. The van der Waals surface area contributed by atoms with Crippen LogP contribution in [0.1, 0.15) is 42.4 Å². The number of carbonyl (C=O) groups is 1. The van der Waals surface area contributed by atoms with E-state index in [4.69, 9.17) is 4.74 Å². The van der Waals surface area contributed by atoms with Crippen molar-refractivity contribution in [1.82, 2.24) is 19.9 Å².